The van der Waals surface area contributed by atoms with Crippen LogP contribution in [0.4, 0.5) is 0 Å². The zero-order chi connectivity index (χ0) is 18.3. The lowest BCUT2D eigenvalue weighted by Crippen LogP contribution is -2.39. The van der Waals surface area contributed by atoms with E-state index < -0.39 is 5.60 Å². The summed E-state index contributed by atoms with van der Waals surface area (Å²) in [6, 6.07) is 3.63. The summed E-state index contributed by atoms with van der Waals surface area (Å²) in [6.07, 6.45) is 1.82. The molecular weight excluding hydrogens is 336 g/mol. The Morgan fingerprint density at radius 3 is 2.76 bits per heavy atom. The van der Waals surface area contributed by atoms with Gasteiger partial charge >= 0.3 is 0 Å². The van der Waals surface area contributed by atoms with E-state index in [2.05, 4.69) is 32.9 Å². The van der Waals surface area contributed by atoms with Gasteiger partial charge in [-0.15, -0.1) is 11.3 Å². The number of thiazole rings is 1. The maximum atomic E-state index is 10.6. The third kappa shape index (κ3) is 5.86. The lowest BCUT2D eigenvalue weighted by Gasteiger charge is -2.19. The van der Waals surface area contributed by atoms with Gasteiger partial charge in [0.15, 0.2) is 5.96 Å². The summed E-state index contributed by atoms with van der Waals surface area (Å²) in [5, 5.41) is 20.3. The van der Waals surface area contributed by atoms with E-state index in [1.54, 1.807) is 24.3 Å². The third-order valence-corrected chi connectivity index (χ3v) is 4.78. The van der Waals surface area contributed by atoms with E-state index in [1.165, 1.54) is 5.01 Å². The van der Waals surface area contributed by atoms with Gasteiger partial charge in [0.2, 0.25) is 0 Å². The highest BCUT2D eigenvalue weighted by Crippen LogP contribution is 2.23. The molecule has 0 bridgehead atoms. The molecule has 1 atom stereocenters. The van der Waals surface area contributed by atoms with Crippen LogP contribution in [0.1, 0.15) is 43.0 Å². The molecule has 2 aromatic heterocycles. The molecule has 2 aromatic rings. The lowest BCUT2D eigenvalue weighted by atomic mass is 10.0. The van der Waals surface area contributed by atoms with E-state index in [1.807, 2.05) is 19.9 Å². The van der Waals surface area contributed by atoms with Gasteiger partial charge in [0.05, 0.1) is 17.2 Å². The first-order valence-electron chi connectivity index (χ1n) is 8.69. The van der Waals surface area contributed by atoms with E-state index in [9.17, 15) is 5.11 Å². The molecule has 7 heteroatoms. The molecule has 2 rings (SSSR count). The van der Waals surface area contributed by atoms with Crippen molar-refractivity contribution in [1.82, 2.24) is 15.6 Å². The fraction of sp³-hybridized carbons (Fsp3) is 0.556. The van der Waals surface area contributed by atoms with Gasteiger partial charge in [-0.2, -0.15) is 0 Å². The molecule has 3 N–H and O–H groups in total. The van der Waals surface area contributed by atoms with Crippen LogP contribution in [0.25, 0.3) is 0 Å². The monoisotopic (exact) mass is 364 g/mol. The highest BCUT2D eigenvalue weighted by molar-refractivity contribution is 7.09. The number of hydrogen-bond acceptors (Lipinski definition) is 5. The molecule has 0 radical (unpaired) electrons. The van der Waals surface area contributed by atoms with Crippen molar-refractivity contribution in [3.8, 4) is 0 Å². The van der Waals surface area contributed by atoms with Crippen molar-refractivity contribution < 1.29 is 9.52 Å². The number of nitrogens with one attached hydrogen (secondary N) is 2. The zero-order valence-corrected chi connectivity index (χ0v) is 16.2. The van der Waals surface area contributed by atoms with Gasteiger partial charge < -0.3 is 20.2 Å². The molecule has 0 saturated carbocycles. The van der Waals surface area contributed by atoms with Gasteiger partial charge in [0, 0.05) is 24.9 Å². The number of hydrogen-bond donors (Lipinski definition) is 3. The van der Waals surface area contributed by atoms with Crippen LogP contribution in [0.3, 0.4) is 0 Å². The summed E-state index contributed by atoms with van der Waals surface area (Å²) in [4.78, 5) is 9.05. The minimum Gasteiger partial charge on any atom is -0.463 e. The Labute approximate surface area is 153 Å². The predicted molar refractivity (Wildman–Crippen MR) is 102 cm³/mol. The average molecular weight is 365 g/mol. The van der Waals surface area contributed by atoms with Gasteiger partial charge in [-0.05, 0) is 39.3 Å². The topological polar surface area (TPSA) is 82.7 Å². The van der Waals surface area contributed by atoms with Crippen molar-refractivity contribution in [2.24, 2.45) is 4.99 Å². The maximum absolute atomic E-state index is 10.6. The number of aromatic nitrogens is 1. The van der Waals surface area contributed by atoms with Gasteiger partial charge in [0.1, 0.15) is 17.1 Å². The summed E-state index contributed by atoms with van der Waals surface area (Å²) in [6.45, 7) is 9.40. The number of guanidine groups is 1. The number of aliphatic hydroxyl groups is 1. The van der Waals surface area contributed by atoms with Crippen molar-refractivity contribution in [3.63, 3.8) is 0 Å². The van der Waals surface area contributed by atoms with E-state index in [0.29, 0.717) is 11.7 Å². The van der Waals surface area contributed by atoms with E-state index in [-0.39, 0.29) is 6.54 Å². The van der Waals surface area contributed by atoms with Crippen LogP contribution >= 0.6 is 11.3 Å². The molecule has 0 aliphatic carbocycles. The van der Waals surface area contributed by atoms with Crippen LogP contribution in [0.2, 0.25) is 0 Å². The number of furan rings is 1. The molecule has 0 saturated heterocycles. The lowest BCUT2D eigenvalue weighted by molar-refractivity contribution is 0.0428. The first kappa shape index (κ1) is 19.5. The molecular formula is C18H28N4O2S. The maximum Gasteiger partial charge on any atom is 0.191 e. The van der Waals surface area contributed by atoms with Crippen molar-refractivity contribution in [2.45, 2.75) is 46.1 Å². The Morgan fingerprint density at radius 1 is 1.36 bits per heavy atom. The molecule has 25 heavy (non-hydrogen) atoms. The minimum absolute atomic E-state index is 0.214. The van der Waals surface area contributed by atoms with Crippen LogP contribution in [-0.2, 0) is 18.4 Å². The first-order chi connectivity index (χ1) is 11.9. The summed E-state index contributed by atoms with van der Waals surface area (Å²) >= 11 is 1.70. The molecule has 0 aliphatic heterocycles. The molecule has 0 aromatic carbocycles. The molecule has 1 unspecified atom stereocenters. The first-order valence-corrected chi connectivity index (χ1v) is 9.57. The van der Waals surface area contributed by atoms with Gasteiger partial charge in [-0.3, -0.25) is 0 Å². The number of aliphatic imine (C=N–C) groups is 1. The average Bonchev–Trinajstić information content (AvgIpc) is 3.22. The van der Waals surface area contributed by atoms with Gasteiger partial charge in [0.25, 0.3) is 0 Å². The van der Waals surface area contributed by atoms with Crippen LogP contribution in [0, 0.1) is 6.92 Å². The van der Waals surface area contributed by atoms with Crippen molar-refractivity contribution in [2.75, 3.05) is 19.6 Å². The van der Waals surface area contributed by atoms with Gasteiger partial charge in [-0.1, -0.05) is 6.92 Å². The second-order valence-corrected chi connectivity index (χ2v) is 7.08. The van der Waals surface area contributed by atoms with Crippen LogP contribution in [-0.4, -0.2) is 35.7 Å². The largest absolute Gasteiger partial charge is 0.463 e. The van der Waals surface area contributed by atoms with E-state index in [4.69, 9.17) is 4.42 Å². The molecule has 0 amide bonds. The fourth-order valence-corrected chi connectivity index (χ4v) is 3.09. The quantitative estimate of drug-likeness (QED) is 0.495. The molecule has 0 fully saturated rings. The number of nitrogens with zero attached hydrogens (tertiary/aromatic N) is 2. The Bertz CT molecular complexity index is 691. The zero-order valence-electron chi connectivity index (χ0n) is 15.4. The van der Waals surface area contributed by atoms with Crippen LogP contribution in [0.5, 0.6) is 0 Å². The molecule has 6 nitrogen and oxygen atoms in total. The SMILES string of the molecule is CCNC(=NCC(C)(O)c1ccc(C)o1)NCCc1csc(CC)n1. The van der Waals surface area contributed by atoms with Crippen molar-refractivity contribution >= 4 is 17.3 Å². The molecule has 0 aliphatic rings. The standard InChI is InChI=1S/C18H28N4O2S/c1-5-16-22-14(11-25-16)9-10-20-17(19-6-2)21-12-18(4,23)15-8-7-13(3)24-15/h7-8,11,23H,5-6,9-10,12H2,1-4H3,(H2,19,20,21). The van der Waals surface area contributed by atoms with Crippen molar-refractivity contribution in [1.29, 1.82) is 0 Å². The summed E-state index contributed by atoms with van der Waals surface area (Å²) in [5.74, 6) is 1.98. The molecule has 0 spiro atoms. The smallest absolute Gasteiger partial charge is 0.191 e. The Hall–Kier alpha value is -1.86. The summed E-state index contributed by atoms with van der Waals surface area (Å²) in [7, 11) is 0. The second-order valence-electron chi connectivity index (χ2n) is 6.14. The Balaban J connectivity index is 1.90. The van der Waals surface area contributed by atoms with E-state index >= 15 is 0 Å². The highest BCUT2D eigenvalue weighted by atomic mass is 32.1. The van der Waals surface area contributed by atoms with E-state index in [0.717, 1.165) is 37.4 Å². The highest BCUT2D eigenvalue weighted by Gasteiger charge is 2.26. The van der Waals surface area contributed by atoms with Crippen molar-refractivity contribution in [3.05, 3.63) is 39.7 Å². The molecule has 138 valence electrons. The Morgan fingerprint density at radius 2 is 2.16 bits per heavy atom. The fourth-order valence-electron chi connectivity index (χ4n) is 2.31. The summed E-state index contributed by atoms with van der Waals surface area (Å²) < 4.78 is 5.53. The normalized spacial score (nSPS) is 14.4. The summed E-state index contributed by atoms with van der Waals surface area (Å²) in [5.41, 5.74) is -0.0371. The number of rotatable bonds is 8. The van der Waals surface area contributed by atoms with Gasteiger partial charge in [-0.25, -0.2) is 9.98 Å². The number of aryl methyl sites for hydroxylation is 2. The second kappa shape index (κ2) is 9.01. The Kier molecular flexibility index (Phi) is 7.01. The van der Waals surface area contributed by atoms with Crippen LogP contribution < -0.4 is 10.6 Å². The molecule has 2 heterocycles. The predicted octanol–water partition coefficient (Wildman–Crippen LogP) is 2.61. The minimum atomic E-state index is -1.14. The third-order valence-electron chi connectivity index (χ3n) is 3.74. The van der Waals surface area contributed by atoms with Crippen LogP contribution in [0.15, 0.2) is 26.9 Å².